The second kappa shape index (κ2) is 4.44. The minimum atomic E-state index is -0.450. The van der Waals surface area contributed by atoms with Crippen LogP contribution < -0.4 is 0 Å². The molecule has 0 saturated heterocycles. The third-order valence-corrected chi connectivity index (χ3v) is 0.862. The molecular formula is C6H15LiO. The summed E-state index contributed by atoms with van der Waals surface area (Å²) < 4.78 is 0. The second-order valence-electron chi connectivity index (χ2n) is 2.56. The Balaban J connectivity index is 0. The van der Waals surface area contributed by atoms with Crippen molar-refractivity contribution < 1.29 is 5.11 Å². The zero-order chi connectivity index (χ0) is 5.91. The van der Waals surface area contributed by atoms with Gasteiger partial charge in [-0.25, -0.2) is 0 Å². The molecule has 46 valence electrons. The van der Waals surface area contributed by atoms with Gasteiger partial charge in [0.1, 0.15) is 0 Å². The van der Waals surface area contributed by atoms with E-state index in [9.17, 15) is 0 Å². The van der Waals surface area contributed by atoms with Crippen molar-refractivity contribution in [3.05, 3.63) is 0 Å². The molecule has 0 rings (SSSR count). The van der Waals surface area contributed by atoms with Crippen molar-refractivity contribution in [3.8, 4) is 0 Å². The molecule has 0 radical (unpaired) electrons. The van der Waals surface area contributed by atoms with Gasteiger partial charge in [-0.3, -0.25) is 0 Å². The molecule has 0 aromatic heterocycles. The van der Waals surface area contributed by atoms with E-state index in [1.165, 1.54) is 0 Å². The van der Waals surface area contributed by atoms with Crippen molar-refractivity contribution in [1.82, 2.24) is 0 Å². The van der Waals surface area contributed by atoms with Crippen molar-refractivity contribution in [2.75, 3.05) is 0 Å². The molecule has 2 heteroatoms. The molecule has 1 N–H and O–H groups in total. The van der Waals surface area contributed by atoms with Crippen molar-refractivity contribution in [3.63, 3.8) is 0 Å². The van der Waals surface area contributed by atoms with Crippen LogP contribution in [0, 0.1) is 0 Å². The first-order chi connectivity index (χ1) is 3.06. The fourth-order valence-corrected chi connectivity index (χ4v) is 0.612. The maximum absolute atomic E-state index is 9.02. The van der Waals surface area contributed by atoms with Gasteiger partial charge in [-0.05, 0) is 20.3 Å². The van der Waals surface area contributed by atoms with E-state index in [-0.39, 0.29) is 18.9 Å². The zero-order valence-corrected chi connectivity index (χ0v) is 5.36. The van der Waals surface area contributed by atoms with Crippen LogP contribution >= 0.6 is 0 Å². The molecule has 0 amide bonds. The molecule has 0 spiro atoms. The quantitative estimate of drug-likeness (QED) is 0.524. The molecule has 0 aliphatic rings. The summed E-state index contributed by atoms with van der Waals surface area (Å²) in [6.45, 7) is 5.73. The topological polar surface area (TPSA) is 20.2 Å². The molecule has 0 atom stereocenters. The van der Waals surface area contributed by atoms with Crippen LogP contribution in [0.25, 0.3) is 0 Å². The van der Waals surface area contributed by atoms with Gasteiger partial charge in [0.05, 0.1) is 5.60 Å². The summed E-state index contributed by atoms with van der Waals surface area (Å²) in [5.74, 6) is 0. The minimum absolute atomic E-state index is 0. The van der Waals surface area contributed by atoms with Crippen molar-refractivity contribution in [2.45, 2.75) is 39.2 Å². The van der Waals surface area contributed by atoms with E-state index in [1.807, 2.05) is 13.8 Å². The Morgan fingerprint density at radius 2 is 1.75 bits per heavy atom. The van der Waals surface area contributed by atoms with Gasteiger partial charge in [0.2, 0.25) is 0 Å². The summed E-state index contributed by atoms with van der Waals surface area (Å²) in [6.07, 6.45) is 1.95. The zero-order valence-electron chi connectivity index (χ0n) is 5.36. The fraction of sp³-hybridized carbons (Fsp3) is 1.00. The van der Waals surface area contributed by atoms with Crippen LogP contribution in [0.4, 0.5) is 0 Å². The Labute approximate surface area is 63.7 Å². The fourth-order valence-electron chi connectivity index (χ4n) is 0.612. The molecular weight excluding hydrogens is 95.0 g/mol. The molecule has 0 aliphatic carbocycles. The Hall–Kier alpha value is 0.557. The number of aliphatic hydroxyl groups is 1. The van der Waals surface area contributed by atoms with Crippen LogP contribution in [0.15, 0.2) is 0 Å². The normalized spacial score (nSPS) is 10.5. The van der Waals surface area contributed by atoms with Gasteiger partial charge in [0.15, 0.2) is 0 Å². The monoisotopic (exact) mass is 110 g/mol. The van der Waals surface area contributed by atoms with Gasteiger partial charge in [0, 0.05) is 0 Å². The number of rotatable bonds is 2. The predicted octanol–water partition coefficient (Wildman–Crippen LogP) is 0.909. The van der Waals surface area contributed by atoms with Crippen molar-refractivity contribution >= 4 is 18.9 Å². The van der Waals surface area contributed by atoms with E-state index >= 15 is 0 Å². The first kappa shape index (κ1) is 11.4. The number of hydrogen-bond donors (Lipinski definition) is 1. The molecule has 0 aromatic carbocycles. The molecule has 0 heterocycles. The van der Waals surface area contributed by atoms with Gasteiger partial charge in [-0.2, -0.15) is 0 Å². The van der Waals surface area contributed by atoms with Crippen LogP contribution in [0.5, 0.6) is 0 Å². The SMILES string of the molecule is CCCC(C)(C)O.[LiH]. The standard InChI is InChI=1S/C6H14O.Li.H/c1-4-5-6(2,3)7;;/h7H,4-5H2,1-3H3;;. The van der Waals surface area contributed by atoms with Gasteiger partial charge in [-0.1, -0.05) is 13.3 Å². The summed E-state index contributed by atoms with van der Waals surface area (Å²) >= 11 is 0. The number of hydrogen-bond acceptors (Lipinski definition) is 1. The van der Waals surface area contributed by atoms with E-state index in [4.69, 9.17) is 5.11 Å². The molecule has 0 aliphatic heterocycles. The maximum atomic E-state index is 9.02. The third-order valence-electron chi connectivity index (χ3n) is 0.862. The van der Waals surface area contributed by atoms with Gasteiger partial charge in [0.25, 0.3) is 0 Å². The van der Waals surface area contributed by atoms with Crippen LogP contribution in [-0.4, -0.2) is 29.6 Å². The predicted molar refractivity (Wildman–Crippen MR) is 38.4 cm³/mol. The molecule has 1 nitrogen and oxygen atoms in total. The Morgan fingerprint density at radius 1 is 1.38 bits per heavy atom. The average Bonchev–Trinajstić information content (AvgIpc) is 1.30. The summed E-state index contributed by atoms with van der Waals surface area (Å²) in [5.41, 5.74) is -0.450. The average molecular weight is 110 g/mol. The summed E-state index contributed by atoms with van der Waals surface area (Å²) in [5, 5.41) is 9.02. The van der Waals surface area contributed by atoms with Gasteiger partial charge >= 0.3 is 18.9 Å². The second-order valence-corrected chi connectivity index (χ2v) is 2.56. The van der Waals surface area contributed by atoms with Crippen molar-refractivity contribution in [2.24, 2.45) is 0 Å². The van der Waals surface area contributed by atoms with Crippen molar-refractivity contribution in [1.29, 1.82) is 0 Å². The van der Waals surface area contributed by atoms with Crippen LogP contribution in [0.2, 0.25) is 0 Å². The molecule has 0 aromatic rings. The summed E-state index contributed by atoms with van der Waals surface area (Å²) in [4.78, 5) is 0. The van der Waals surface area contributed by atoms with Gasteiger partial charge < -0.3 is 5.11 Å². The molecule has 0 bridgehead atoms. The third kappa shape index (κ3) is 9.75. The van der Waals surface area contributed by atoms with E-state index in [0.29, 0.717) is 0 Å². The van der Waals surface area contributed by atoms with Gasteiger partial charge in [-0.15, -0.1) is 0 Å². The van der Waals surface area contributed by atoms with Crippen LogP contribution in [-0.2, 0) is 0 Å². The first-order valence-corrected chi connectivity index (χ1v) is 2.78. The molecule has 8 heavy (non-hydrogen) atoms. The van der Waals surface area contributed by atoms with E-state index in [2.05, 4.69) is 6.92 Å². The molecule has 0 fully saturated rings. The Bertz CT molecular complexity index is 47.0. The summed E-state index contributed by atoms with van der Waals surface area (Å²) in [6, 6.07) is 0. The molecule has 0 saturated carbocycles. The summed E-state index contributed by atoms with van der Waals surface area (Å²) in [7, 11) is 0. The first-order valence-electron chi connectivity index (χ1n) is 2.78. The Morgan fingerprint density at radius 3 is 1.75 bits per heavy atom. The van der Waals surface area contributed by atoms with E-state index in [0.717, 1.165) is 12.8 Å². The van der Waals surface area contributed by atoms with Crippen LogP contribution in [0.3, 0.4) is 0 Å². The van der Waals surface area contributed by atoms with E-state index < -0.39 is 5.60 Å². The molecule has 0 unspecified atom stereocenters. The van der Waals surface area contributed by atoms with E-state index in [1.54, 1.807) is 0 Å². The Kier molecular flexibility index (Phi) is 6.31. The van der Waals surface area contributed by atoms with Crippen LogP contribution in [0.1, 0.15) is 33.6 Å².